The van der Waals surface area contributed by atoms with E-state index in [1.165, 1.54) is 18.5 Å². The van der Waals surface area contributed by atoms with Gasteiger partial charge in [-0.25, -0.2) is 18.1 Å². The Morgan fingerprint density at radius 3 is 2.84 bits per heavy atom. The van der Waals surface area contributed by atoms with Crippen molar-refractivity contribution in [1.29, 1.82) is 0 Å². The van der Waals surface area contributed by atoms with Crippen LogP contribution in [0.2, 0.25) is 0 Å². The molecular weight excluding hydrogens is 338 g/mol. The Bertz CT molecular complexity index is 658. The van der Waals surface area contributed by atoms with Crippen molar-refractivity contribution in [2.45, 2.75) is 11.4 Å². The molecule has 2 N–H and O–H groups in total. The van der Waals surface area contributed by atoms with Crippen molar-refractivity contribution in [3.05, 3.63) is 28.9 Å². The highest BCUT2D eigenvalue weighted by molar-refractivity contribution is 9.10. The van der Waals surface area contributed by atoms with E-state index >= 15 is 0 Å². The van der Waals surface area contributed by atoms with Gasteiger partial charge in [-0.1, -0.05) is 0 Å². The van der Waals surface area contributed by atoms with Gasteiger partial charge >= 0.3 is 0 Å². The predicted molar refractivity (Wildman–Crippen MR) is 69.8 cm³/mol. The van der Waals surface area contributed by atoms with Crippen LogP contribution in [0, 0.1) is 0 Å². The molecule has 0 aliphatic carbocycles. The van der Waals surface area contributed by atoms with E-state index in [-0.39, 0.29) is 15.5 Å². The largest absolute Gasteiger partial charge is 0.451 e. The fourth-order valence-corrected chi connectivity index (χ4v) is 3.26. The van der Waals surface area contributed by atoms with Gasteiger partial charge in [0.05, 0.1) is 18.9 Å². The predicted octanol–water partition coefficient (Wildman–Crippen LogP) is 0.747. The number of halogens is 1. The Hall–Kier alpha value is -1.52. The van der Waals surface area contributed by atoms with Crippen molar-refractivity contribution in [3.8, 4) is 0 Å². The Kier molecular flexibility index (Phi) is 4.12. The lowest BCUT2D eigenvalue weighted by Crippen LogP contribution is -2.15. The Morgan fingerprint density at radius 1 is 1.42 bits per heavy atom. The summed E-state index contributed by atoms with van der Waals surface area (Å²) in [6.45, 7) is 0.414. The van der Waals surface area contributed by atoms with Crippen molar-refractivity contribution in [1.82, 2.24) is 20.5 Å². The molecule has 0 bridgehead atoms. The number of nitrogens with one attached hydrogen (secondary N) is 2. The molecule has 102 valence electrons. The lowest BCUT2D eigenvalue weighted by atomic mass is 10.4. The van der Waals surface area contributed by atoms with Crippen molar-refractivity contribution in [2.24, 2.45) is 0 Å². The summed E-state index contributed by atoms with van der Waals surface area (Å²) in [5.41, 5.74) is 0. The molecule has 8 nitrogen and oxygen atoms in total. The zero-order chi connectivity index (χ0) is 13.9. The van der Waals surface area contributed by atoms with Gasteiger partial charge in [0.15, 0.2) is 4.67 Å². The summed E-state index contributed by atoms with van der Waals surface area (Å²) in [7, 11) is -2.10. The molecule has 0 atom stereocenters. The topological polar surface area (TPSA) is 110 Å². The maximum absolute atomic E-state index is 12.1. The quantitative estimate of drug-likeness (QED) is 0.820. The second-order valence-corrected chi connectivity index (χ2v) is 5.82. The lowest BCUT2D eigenvalue weighted by molar-refractivity contribution is 0.470. The molecule has 2 aromatic heterocycles. The van der Waals surface area contributed by atoms with Gasteiger partial charge in [-0.3, -0.25) is 0 Å². The molecule has 2 heterocycles. The minimum absolute atomic E-state index is 0.0230. The third-order valence-electron chi connectivity index (χ3n) is 2.06. The lowest BCUT2D eigenvalue weighted by Gasteiger charge is -2.02. The summed E-state index contributed by atoms with van der Waals surface area (Å²) in [4.78, 5) is 3.72. The summed E-state index contributed by atoms with van der Waals surface area (Å²) in [6, 6.07) is 1.42. The van der Waals surface area contributed by atoms with Crippen LogP contribution in [0.3, 0.4) is 0 Å². The minimum Gasteiger partial charge on any atom is -0.451 e. The van der Waals surface area contributed by atoms with E-state index in [1.807, 2.05) is 0 Å². The minimum atomic E-state index is -3.82. The molecule has 0 aliphatic heterocycles. The van der Waals surface area contributed by atoms with Crippen LogP contribution in [0.5, 0.6) is 0 Å². The summed E-state index contributed by atoms with van der Waals surface area (Å²) in [5, 5.41) is 9.95. The van der Waals surface area contributed by atoms with Crippen molar-refractivity contribution in [2.75, 3.05) is 11.8 Å². The number of hydrogen-bond acceptors (Lipinski definition) is 7. The maximum atomic E-state index is 12.1. The van der Waals surface area contributed by atoms with Gasteiger partial charge < -0.3 is 9.73 Å². The first-order valence-corrected chi connectivity index (χ1v) is 7.40. The normalized spacial score (nSPS) is 11.5. The number of nitrogens with zero attached hydrogens (tertiary/aromatic N) is 3. The second-order valence-electron chi connectivity index (χ2n) is 3.45. The summed E-state index contributed by atoms with van der Waals surface area (Å²) in [6.07, 6.45) is 2.68. The van der Waals surface area contributed by atoms with E-state index in [0.717, 1.165) is 0 Å². The third kappa shape index (κ3) is 3.28. The van der Waals surface area contributed by atoms with Gasteiger partial charge in [-0.15, -0.1) is 5.10 Å². The fraction of sp³-hybridized carbons (Fsp3) is 0.222. The van der Waals surface area contributed by atoms with Crippen LogP contribution in [-0.2, 0) is 16.6 Å². The van der Waals surface area contributed by atoms with E-state index in [0.29, 0.717) is 12.3 Å². The average Bonchev–Trinajstić information content (AvgIpc) is 2.72. The molecule has 19 heavy (non-hydrogen) atoms. The van der Waals surface area contributed by atoms with Gasteiger partial charge in [-0.05, 0) is 23.0 Å². The molecular formula is C9H10BrN5O3S. The van der Waals surface area contributed by atoms with Crippen molar-refractivity contribution < 1.29 is 12.8 Å². The summed E-state index contributed by atoms with van der Waals surface area (Å²) < 4.78 is 31.8. The first-order chi connectivity index (χ1) is 9.03. The highest BCUT2D eigenvalue weighted by atomic mass is 79.9. The van der Waals surface area contributed by atoms with Crippen molar-refractivity contribution >= 4 is 31.9 Å². The van der Waals surface area contributed by atoms with Crippen LogP contribution < -0.4 is 10.0 Å². The monoisotopic (exact) mass is 347 g/mol. The van der Waals surface area contributed by atoms with E-state index in [9.17, 15) is 8.42 Å². The molecule has 2 aromatic rings. The van der Waals surface area contributed by atoms with Gasteiger partial charge in [-0.2, -0.15) is 5.10 Å². The van der Waals surface area contributed by atoms with Crippen LogP contribution in [0.4, 0.5) is 5.95 Å². The Morgan fingerprint density at radius 2 is 2.21 bits per heavy atom. The molecule has 10 heteroatoms. The Labute approximate surface area is 117 Å². The van der Waals surface area contributed by atoms with Gasteiger partial charge in [0, 0.05) is 6.07 Å². The molecule has 0 amide bonds. The first-order valence-electron chi connectivity index (χ1n) is 5.12. The third-order valence-corrected chi connectivity index (χ3v) is 4.24. The number of aromatic nitrogens is 3. The van der Waals surface area contributed by atoms with E-state index < -0.39 is 10.0 Å². The first kappa shape index (κ1) is 13.9. The number of hydrogen-bond donors (Lipinski definition) is 2. The SMILES string of the molecule is CNCc1cc(S(=O)(=O)Nc2nccnn2)c(Br)o1. The maximum Gasteiger partial charge on any atom is 0.268 e. The molecule has 0 saturated heterocycles. The molecule has 0 spiro atoms. The van der Waals surface area contributed by atoms with Crippen LogP contribution in [0.1, 0.15) is 5.76 Å². The number of rotatable bonds is 5. The summed E-state index contributed by atoms with van der Waals surface area (Å²) >= 11 is 3.07. The molecule has 0 fully saturated rings. The molecule has 0 unspecified atom stereocenters. The summed E-state index contributed by atoms with van der Waals surface area (Å²) in [5.74, 6) is 0.382. The van der Waals surface area contributed by atoms with Gasteiger partial charge in [0.2, 0.25) is 0 Å². The van der Waals surface area contributed by atoms with E-state index in [4.69, 9.17) is 4.42 Å². The van der Waals surface area contributed by atoms with Crippen LogP contribution >= 0.6 is 15.9 Å². The molecule has 2 rings (SSSR count). The van der Waals surface area contributed by atoms with Crippen LogP contribution in [0.15, 0.2) is 32.4 Å². The number of anilines is 1. The van der Waals surface area contributed by atoms with Crippen LogP contribution in [0.25, 0.3) is 0 Å². The standard InChI is InChI=1S/C9H10BrN5O3S/c1-11-5-6-4-7(8(10)18-6)19(16,17)15-9-12-2-3-13-14-9/h2-4,11H,5H2,1H3,(H,12,14,15). The molecule has 0 aliphatic rings. The van der Waals surface area contributed by atoms with Gasteiger partial charge in [0.25, 0.3) is 16.0 Å². The van der Waals surface area contributed by atoms with E-state index in [2.05, 4.69) is 41.2 Å². The van der Waals surface area contributed by atoms with E-state index in [1.54, 1.807) is 7.05 Å². The second kappa shape index (κ2) is 5.63. The van der Waals surface area contributed by atoms with Gasteiger partial charge in [0.1, 0.15) is 10.7 Å². The fourth-order valence-electron chi connectivity index (χ4n) is 1.31. The zero-order valence-electron chi connectivity index (χ0n) is 9.79. The average molecular weight is 348 g/mol. The van der Waals surface area contributed by atoms with Crippen molar-refractivity contribution in [3.63, 3.8) is 0 Å². The molecule has 0 aromatic carbocycles. The Balaban J connectivity index is 2.29. The molecule has 0 radical (unpaired) electrons. The van der Waals surface area contributed by atoms with Crippen LogP contribution in [-0.4, -0.2) is 30.6 Å². The highest BCUT2D eigenvalue weighted by Gasteiger charge is 2.23. The number of furan rings is 1. The zero-order valence-corrected chi connectivity index (χ0v) is 12.2. The highest BCUT2D eigenvalue weighted by Crippen LogP contribution is 2.27. The number of sulfonamides is 1. The smallest absolute Gasteiger partial charge is 0.268 e. The molecule has 0 saturated carbocycles.